The summed E-state index contributed by atoms with van der Waals surface area (Å²) in [7, 11) is -16.8. The van der Waals surface area contributed by atoms with E-state index in [1.807, 2.05) is 0 Å². The summed E-state index contributed by atoms with van der Waals surface area (Å²) in [5, 5.41) is 23.1. The quantitative estimate of drug-likeness (QED) is 0.0151. The van der Waals surface area contributed by atoms with Crippen LogP contribution >= 0.6 is 47.4 Å². The van der Waals surface area contributed by atoms with Crippen LogP contribution in [0.5, 0.6) is 0 Å². The molecule has 1 aliphatic rings. The first-order valence-electron chi connectivity index (χ1n) is 23.8. The summed E-state index contributed by atoms with van der Waals surface area (Å²) in [6.45, 7) is 39.5. The number of aromatic nitrogens is 4. The van der Waals surface area contributed by atoms with E-state index < -0.39 is 54.6 Å². The molecule has 68 heavy (non-hydrogen) atoms. The first-order valence-corrected chi connectivity index (χ1v) is 29.7. The SMILES string of the molecule is CCN(CC)CC.CCN(CC)CC.CCN(CC)CC.CCN(CC)CC.Nc1nc(SCCCCCCC=S)nc2c1ncn2[C@@H]1O[C@H](COP(=O)(O)OP(=O)(O)OP(=O)(O)O)[C@@H](O)[C@H]1O. The number of aliphatic hydroxyl groups is 2. The van der Waals surface area contributed by atoms with Crippen molar-refractivity contribution in [1.29, 1.82) is 0 Å². The van der Waals surface area contributed by atoms with Crippen molar-refractivity contribution in [2.75, 3.05) is 96.6 Å². The highest BCUT2D eigenvalue weighted by Crippen LogP contribution is 2.66. The van der Waals surface area contributed by atoms with Gasteiger partial charge in [-0.3, -0.25) is 9.09 Å². The van der Waals surface area contributed by atoms with Crippen LogP contribution in [-0.4, -0.2) is 183 Å². The minimum atomic E-state index is -5.73. The van der Waals surface area contributed by atoms with E-state index in [0.717, 1.165) is 37.9 Å². The largest absolute Gasteiger partial charge is 0.490 e. The van der Waals surface area contributed by atoms with Gasteiger partial charge in [0, 0.05) is 5.75 Å². The highest BCUT2D eigenvalue weighted by molar-refractivity contribution is 7.99. The van der Waals surface area contributed by atoms with Gasteiger partial charge < -0.3 is 59.9 Å². The van der Waals surface area contributed by atoms with Crippen LogP contribution in [0.4, 0.5) is 5.82 Å². The van der Waals surface area contributed by atoms with Crippen LogP contribution in [0.1, 0.15) is 121 Å². The van der Waals surface area contributed by atoms with Crippen molar-refractivity contribution in [2.45, 2.75) is 145 Å². The molecule has 0 radical (unpaired) electrons. The van der Waals surface area contributed by atoms with Crippen molar-refractivity contribution in [3.05, 3.63) is 6.33 Å². The van der Waals surface area contributed by atoms with Gasteiger partial charge in [0.05, 0.1) is 12.9 Å². The predicted octanol–water partition coefficient (Wildman–Crippen LogP) is 6.81. The van der Waals surface area contributed by atoms with Gasteiger partial charge in [0.25, 0.3) is 0 Å². The van der Waals surface area contributed by atoms with Crippen LogP contribution in [0.25, 0.3) is 11.2 Å². The number of phosphoric acid groups is 3. The molecule has 0 bridgehead atoms. The van der Waals surface area contributed by atoms with E-state index in [1.165, 1.54) is 101 Å². The van der Waals surface area contributed by atoms with Crippen LogP contribution in [0.2, 0.25) is 0 Å². The van der Waals surface area contributed by atoms with Crippen molar-refractivity contribution < 1.29 is 61.4 Å². The van der Waals surface area contributed by atoms with Crippen molar-refractivity contribution in [3.8, 4) is 0 Å². The van der Waals surface area contributed by atoms with Crippen LogP contribution in [0, 0.1) is 0 Å². The highest BCUT2D eigenvalue weighted by Gasteiger charge is 2.47. The molecule has 6 atom stereocenters. The van der Waals surface area contributed by atoms with Gasteiger partial charge in [0.15, 0.2) is 22.8 Å². The van der Waals surface area contributed by atoms with Crippen LogP contribution in [-0.2, 0) is 31.6 Å². The summed E-state index contributed by atoms with van der Waals surface area (Å²) >= 11 is 6.18. The maximum atomic E-state index is 12.0. The third kappa shape index (κ3) is 29.4. The van der Waals surface area contributed by atoms with E-state index in [-0.39, 0.29) is 17.0 Å². The van der Waals surface area contributed by atoms with Gasteiger partial charge in [-0.05, 0) is 103 Å². The maximum absolute atomic E-state index is 12.0. The van der Waals surface area contributed by atoms with Gasteiger partial charge in [-0.1, -0.05) is 120 Å². The molecule has 8 N–H and O–H groups in total. The first kappa shape index (κ1) is 69.0. The minimum absolute atomic E-state index is 0.0736. The smallest absolute Gasteiger partial charge is 0.387 e. The molecule has 2 unspecified atom stereocenters. The Kier molecular flexibility index (Phi) is 39.1. The van der Waals surface area contributed by atoms with E-state index in [1.54, 1.807) is 5.37 Å². The maximum Gasteiger partial charge on any atom is 0.490 e. The lowest BCUT2D eigenvalue weighted by Gasteiger charge is -2.19. The number of nitrogens with zero attached hydrogens (tertiary/aromatic N) is 8. The van der Waals surface area contributed by atoms with Gasteiger partial charge in [-0.15, -0.1) is 0 Å². The predicted molar refractivity (Wildman–Crippen MR) is 277 cm³/mol. The van der Waals surface area contributed by atoms with Crippen molar-refractivity contribution in [2.24, 2.45) is 0 Å². The van der Waals surface area contributed by atoms with E-state index >= 15 is 0 Å². The fourth-order valence-corrected chi connectivity index (χ4v) is 10.3. The van der Waals surface area contributed by atoms with Crippen LogP contribution < -0.4 is 5.73 Å². The van der Waals surface area contributed by atoms with E-state index in [9.17, 15) is 33.7 Å². The zero-order valence-corrected chi connectivity index (χ0v) is 47.1. The Hall–Kier alpha value is -1.08. The molecule has 402 valence electrons. The van der Waals surface area contributed by atoms with Crippen molar-refractivity contribution in [3.63, 3.8) is 0 Å². The monoisotopic (exact) mass is 1070 g/mol. The van der Waals surface area contributed by atoms with Gasteiger partial charge in [0.2, 0.25) is 0 Å². The summed E-state index contributed by atoms with van der Waals surface area (Å²) in [6.07, 6.45) is 0.0247. The molecule has 27 heteroatoms. The lowest BCUT2D eigenvalue weighted by Crippen LogP contribution is -2.33. The molecule has 22 nitrogen and oxygen atoms in total. The van der Waals surface area contributed by atoms with Gasteiger partial charge in [-0.2, -0.15) is 8.62 Å². The average Bonchev–Trinajstić information content (AvgIpc) is 3.84. The molecule has 0 saturated carbocycles. The summed E-state index contributed by atoms with van der Waals surface area (Å²) in [5.41, 5.74) is 6.41. The molecule has 2 aromatic heterocycles. The molecular formula is C41H88N9O13P3S2. The number of unbranched alkanes of at least 4 members (excludes halogenated alkanes) is 4. The summed E-state index contributed by atoms with van der Waals surface area (Å²) in [4.78, 5) is 58.4. The van der Waals surface area contributed by atoms with Gasteiger partial charge >= 0.3 is 23.5 Å². The van der Waals surface area contributed by atoms with Crippen molar-refractivity contribution in [1.82, 2.24) is 39.1 Å². The molecule has 1 aliphatic heterocycles. The average molecular weight is 1070 g/mol. The van der Waals surface area contributed by atoms with Crippen LogP contribution in [0.15, 0.2) is 11.5 Å². The molecule has 0 aliphatic carbocycles. The number of aliphatic hydroxyl groups excluding tert-OH is 2. The van der Waals surface area contributed by atoms with Crippen LogP contribution in [0.3, 0.4) is 0 Å². The topological polar surface area (TPSA) is 292 Å². The second-order valence-corrected chi connectivity index (χ2v) is 20.7. The number of nitrogen functional groups attached to an aromatic ring is 1. The van der Waals surface area contributed by atoms with E-state index in [0.29, 0.717) is 5.16 Å². The number of hydrogen-bond donors (Lipinski definition) is 7. The zero-order valence-electron chi connectivity index (χ0n) is 42.8. The van der Waals surface area contributed by atoms with E-state index in [4.69, 9.17) is 32.5 Å². The molecular weight excluding hydrogens is 984 g/mol. The Labute approximate surface area is 416 Å². The molecule has 3 rings (SSSR count). The summed E-state index contributed by atoms with van der Waals surface area (Å²) < 4.78 is 52.8. The molecule has 0 amide bonds. The minimum Gasteiger partial charge on any atom is -0.387 e. The summed E-state index contributed by atoms with van der Waals surface area (Å²) in [5.74, 6) is 0.796. The number of nitrogens with two attached hydrogens (primary N) is 1. The third-order valence-electron chi connectivity index (χ3n) is 10.7. The molecule has 1 fully saturated rings. The second-order valence-electron chi connectivity index (χ2n) is 14.8. The number of ether oxygens (including phenoxy) is 1. The highest BCUT2D eigenvalue weighted by atomic mass is 32.2. The second kappa shape index (κ2) is 38.5. The van der Waals surface area contributed by atoms with Gasteiger partial charge in [0.1, 0.15) is 23.8 Å². The molecule has 0 aromatic carbocycles. The Morgan fingerprint density at radius 3 is 1.53 bits per heavy atom. The molecule has 3 heterocycles. The number of rotatable bonds is 28. The Morgan fingerprint density at radius 1 is 0.691 bits per heavy atom. The number of thiocarbonyl (C=S) groups is 1. The zero-order chi connectivity index (χ0) is 52.5. The standard InChI is InChI=1S/C17H28N5O13P3S2.4C6H15N/c18-14-11-15(21-17(20-14)40-7-5-3-1-2-4-6-39)22(9-19-11)16-13(24)12(23)10(33-16)8-32-37(28,29)35-38(30,31)34-36(25,26)27;4*1-4-7(5-2)6-3/h6,9-10,12-13,16,23-24H,1-5,7-8H2,(H,28,29)(H,30,31)(H2,18,20,21)(H2,25,26,27);4*4-6H2,1-3H3/t10-,12-,13-,16-;;;;/m1..../s1. The number of fused-ring (bicyclic) bond motifs is 1. The fraction of sp³-hybridized carbons (Fsp3) is 0.854. The number of hydrogen-bond acceptors (Lipinski definition) is 19. The number of imidazole rings is 1. The number of phosphoric ester groups is 1. The van der Waals surface area contributed by atoms with E-state index in [2.05, 4.69) is 131 Å². The first-order chi connectivity index (χ1) is 32.0. The van der Waals surface area contributed by atoms with Crippen molar-refractivity contribution >= 4 is 69.8 Å². The number of anilines is 1. The van der Waals surface area contributed by atoms with Gasteiger partial charge in [-0.25, -0.2) is 28.6 Å². The number of thioether (sulfide) groups is 1. The molecule has 2 aromatic rings. The normalized spacial score (nSPS) is 18.7. The molecule has 1 saturated heterocycles. The lowest BCUT2D eigenvalue weighted by molar-refractivity contribution is -0.0503. The lowest BCUT2D eigenvalue weighted by atomic mass is 10.1. The summed E-state index contributed by atoms with van der Waals surface area (Å²) in [6, 6.07) is 0. The fourth-order valence-electron chi connectivity index (χ4n) is 6.27. The Bertz CT molecular complexity index is 1670. The Balaban J connectivity index is 0. The third-order valence-corrected chi connectivity index (χ3v) is 15.6. The Morgan fingerprint density at radius 2 is 1.13 bits per heavy atom. The molecule has 0 spiro atoms.